The number of nitrogens with zero attached hydrogens (tertiary/aromatic N) is 6. The van der Waals surface area contributed by atoms with Crippen LogP contribution in [0, 0.1) is 6.92 Å². The van der Waals surface area contributed by atoms with Crippen molar-refractivity contribution in [1.29, 1.82) is 0 Å². The summed E-state index contributed by atoms with van der Waals surface area (Å²) in [5.41, 5.74) is 8.43. The second-order valence-corrected chi connectivity index (χ2v) is 7.93. The van der Waals surface area contributed by atoms with Gasteiger partial charge >= 0.3 is 0 Å². The molecule has 0 unspecified atom stereocenters. The van der Waals surface area contributed by atoms with Crippen LogP contribution in [0.5, 0.6) is 0 Å². The van der Waals surface area contributed by atoms with Crippen molar-refractivity contribution in [3.05, 3.63) is 64.8 Å². The molecule has 1 aliphatic heterocycles. The molecular formula is C23H25N7O2. The number of hydrogen-bond acceptors (Lipinski definition) is 8. The van der Waals surface area contributed by atoms with Gasteiger partial charge in [-0.3, -0.25) is 14.3 Å². The molecule has 4 heterocycles. The largest absolute Gasteiger partial charge is 0.460 e. The first-order chi connectivity index (χ1) is 15.6. The summed E-state index contributed by atoms with van der Waals surface area (Å²) in [5.74, 6) is 1.39. The molecule has 0 spiro atoms. The first-order valence-electron chi connectivity index (χ1n) is 10.7. The molecule has 0 radical (unpaired) electrons. The Bertz CT molecular complexity index is 1290. The molecule has 0 amide bonds. The van der Waals surface area contributed by atoms with E-state index in [9.17, 15) is 4.79 Å². The molecular weight excluding hydrogens is 406 g/mol. The van der Waals surface area contributed by atoms with Crippen molar-refractivity contribution in [3.63, 3.8) is 0 Å². The van der Waals surface area contributed by atoms with Gasteiger partial charge in [0.25, 0.3) is 5.56 Å². The van der Waals surface area contributed by atoms with Crippen molar-refractivity contribution < 1.29 is 4.42 Å². The third-order valence-corrected chi connectivity index (χ3v) is 5.82. The van der Waals surface area contributed by atoms with Gasteiger partial charge in [-0.15, -0.1) is 0 Å². The molecule has 1 fully saturated rings. The van der Waals surface area contributed by atoms with Gasteiger partial charge in [0.05, 0.1) is 6.20 Å². The van der Waals surface area contributed by atoms with E-state index in [1.165, 1.54) is 11.9 Å². The van der Waals surface area contributed by atoms with Crippen LogP contribution in [0.2, 0.25) is 0 Å². The normalized spacial score (nSPS) is 14.8. The highest BCUT2D eigenvalue weighted by atomic mass is 16.3. The number of fused-ring (bicyclic) bond motifs is 1. The highest BCUT2D eigenvalue weighted by Gasteiger charge is 2.19. The van der Waals surface area contributed by atoms with E-state index in [-0.39, 0.29) is 11.5 Å². The number of nitrogen functional groups attached to an aromatic ring is 1. The van der Waals surface area contributed by atoms with E-state index in [2.05, 4.69) is 49.0 Å². The lowest BCUT2D eigenvalue weighted by atomic mass is 10.2. The molecule has 9 heteroatoms. The second-order valence-electron chi connectivity index (χ2n) is 7.93. The number of aryl methyl sites for hydroxylation is 1. The molecule has 0 atom stereocenters. The maximum Gasteiger partial charge on any atom is 0.270 e. The lowest BCUT2D eigenvalue weighted by Gasteiger charge is -2.36. The molecule has 4 aromatic rings. The number of benzene rings is 1. The Labute approximate surface area is 185 Å². The maximum absolute atomic E-state index is 12.7. The summed E-state index contributed by atoms with van der Waals surface area (Å²) in [6, 6.07) is 14.1. The number of anilines is 2. The molecule has 5 rings (SSSR count). The minimum absolute atomic E-state index is 0.0826. The maximum atomic E-state index is 12.7. The van der Waals surface area contributed by atoms with Crippen molar-refractivity contribution in [3.8, 4) is 11.5 Å². The van der Waals surface area contributed by atoms with Gasteiger partial charge in [-0.2, -0.15) is 4.98 Å². The van der Waals surface area contributed by atoms with Crippen LogP contribution in [0.1, 0.15) is 5.76 Å². The van der Waals surface area contributed by atoms with E-state index in [1.807, 2.05) is 25.1 Å². The highest BCUT2D eigenvalue weighted by molar-refractivity contribution is 5.86. The van der Waals surface area contributed by atoms with E-state index in [1.54, 1.807) is 4.57 Å². The van der Waals surface area contributed by atoms with E-state index in [0.717, 1.165) is 38.5 Å². The summed E-state index contributed by atoms with van der Waals surface area (Å²) in [6.07, 6.45) is 1.31. The fraction of sp³-hybridized carbons (Fsp3) is 0.304. The van der Waals surface area contributed by atoms with E-state index >= 15 is 0 Å². The SMILES string of the molecule is Cc1ccc(-c2nc(N)nc3c2ncc(=O)n3CCN2CCN(c3ccccc3)CC2)o1. The zero-order chi connectivity index (χ0) is 22.1. The molecule has 0 aliphatic carbocycles. The second kappa shape index (κ2) is 8.43. The third-order valence-electron chi connectivity index (χ3n) is 5.82. The lowest BCUT2D eigenvalue weighted by Crippen LogP contribution is -2.47. The average Bonchev–Trinajstić information content (AvgIpc) is 3.25. The fourth-order valence-corrected chi connectivity index (χ4v) is 4.12. The summed E-state index contributed by atoms with van der Waals surface area (Å²) in [4.78, 5) is 30.4. The zero-order valence-corrected chi connectivity index (χ0v) is 17.9. The molecule has 1 saturated heterocycles. The van der Waals surface area contributed by atoms with Crippen LogP contribution in [-0.2, 0) is 6.54 Å². The van der Waals surface area contributed by atoms with Gasteiger partial charge in [-0.05, 0) is 31.2 Å². The van der Waals surface area contributed by atoms with Crippen LogP contribution >= 0.6 is 0 Å². The molecule has 1 aliphatic rings. The summed E-state index contributed by atoms with van der Waals surface area (Å²) < 4.78 is 7.35. The smallest absolute Gasteiger partial charge is 0.270 e. The molecule has 3 aromatic heterocycles. The Kier molecular flexibility index (Phi) is 5.32. The van der Waals surface area contributed by atoms with Gasteiger partial charge in [0.1, 0.15) is 17.0 Å². The van der Waals surface area contributed by atoms with Gasteiger partial charge in [0, 0.05) is 45.0 Å². The summed E-state index contributed by atoms with van der Waals surface area (Å²) in [5, 5.41) is 0. The van der Waals surface area contributed by atoms with Gasteiger partial charge in [0.2, 0.25) is 5.95 Å². The van der Waals surface area contributed by atoms with Crippen molar-refractivity contribution >= 4 is 22.8 Å². The predicted octanol–water partition coefficient (Wildman–Crippen LogP) is 2.16. The number of nitrogens with two attached hydrogens (primary N) is 1. The summed E-state index contributed by atoms with van der Waals surface area (Å²) in [7, 11) is 0. The predicted molar refractivity (Wildman–Crippen MR) is 124 cm³/mol. The number of para-hydroxylation sites is 1. The van der Waals surface area contributed by atoms with Crippen molar-refractivity contribution in [1.82, 2.24) is 24.4 Å². The van der Waals surface area contributed by atoms with Crippen LogP contribution in [0.4, 0.5) is 11.6 Å². The molecule has 164 valence electrons. The van der Waals surface area contributed by atoms with Gasteiger partial charge in [-0.25, -0.2) is 9.97 Å². The standard InChI is InChI=1S/C23H25N7O2/c1-16-7-8-18(32-16)20-21-22(27-23(24)26-20)30(19(31)15-25-21)14-11-28-9-12-29(13-10-28)17-5-3-2-4-6-17/h2-8,15H,9-14H2,1H3,(H2,24,26,27). The Morgan fingerprint density at radius 1 is 1.00 bits per heavy atom. The number of aromatic nitrogens is 4. The highest BCUT2D eigenvalue weighted by Crippen LogP contribution is 2.26. The lowest BCUT2D eigenvalue weighted by molar-refractivity contribution is 0.248. The molecule has 32 heavy (non-hydrogen) atoms. The fourth-order valence-electron chi connectivity index (χ4n) is 4.12. The Hall–Kier alpha value is -3.72. The number of hydrogen-bond donors (Lipinski definition) is 1. The minimum Gasteiger partial charge on any atom is -0.460 e. The van der Waals surface area contributed by atoms with Crippen molar-refractivity contribution in [2.45, 2.75) is 13.5 Å². The summed E-state index contributed by atoms with van der Waals surface area (Å²) in [6.45, 7) is 6.86. The van der Waals surface area contributed by atoms with Crippen LogP contribution in [0.3, 0.4) is 0 Å². The third kappa shape index (κ3) is 3.94. The number of furan rings is 1. The molecule has 0 bridgehead atoms. The van der Waals surface area contributed by atoms with Crippen LogP contribution < -0.4 is 16.2 Å². The molecule has 9 nitrogen and oxygen atoms in total. The minimum atomic E-state index is -0.208. The van der Waals surface area contributed by atoms with Crippen LogP contribution in [0.25, 0.3) is 22.6 Å². The van der Waals surface area contributed by atoms with Gasteiger partial charge in [0.15, 0.2) is 11.4 Å². The number of piperazine rings is 1. The first-order valence-corrected chi connectivity index (χ1v) is 10.7. The van der Waals surface area contributed by atoms with E-state index < -0.39 is 0 Å². The zero-order valence-electron chi connectivity index (χ0n) is 17.9. The number of rotatable bonds is 5. The van der Waals surface area contributed by atoms with E-state index in [4.69, 9.17) is 10.2 Å². The monoisotopic (exact) mass is 431 g/mol. The molecule has 2 N–H and O–H groups in total. The molecule has 0 saturated carbocycles. The topological polar surface area (TPSA) is 106 Å². The average molecular weight is 432 g/mol. The summed E-state index contributed by atoms with van der Waals surface area (Å²) >= 11 is 0. The van der Waals surface area contributed by atoms with Gasteiger partial charge < -0.3 is 15.1 Å². The van der Waals surface area contributed by atoms with Crippen LogP contribution in [-0.4, -0.2) is 57.1 Å². The Morgan fingerprint density at radius 2 is 1.78 bits per heavy atom. The quantitative estimate of drug-likeness (QED) is 0.512. The van der Waals surface area contributed by atoms with Crippen LogP contribution in [0.15, 0.2) is 57.9 Å². The van der Waals surface area contributed by atoms with Crippen molar-refractivity contribution in [2.75, 3.05) is 43.4 Å². The first kappa shape index (κ1) is 20.2. The van der Waals surface area contributed by atoms with E-state index in [0.29, 0.717) is 29.2 Å². The Morgan fingerprint density at radius 3 is 2.50 bits per heavy atom. The van der Waals surface area contributed by atoms with Gasteiger partial charge in [-0.1, -0.05) is 18.2 Å². The van der Waals surface area contributed by atoms with Crippen molar-refractivity contribution in [2.24, 2.45) is 0 Å². The molecule has 1 aromatic carbocycles. The Balaban J connectivity index is 1.36.